The van der Waals surface area contributed by atoms with Crippen molar-refractivity contribution in [2.45, 2.75) is 32.9 Å². The van der Waals surface area contributed by atoms with E-state index in [0.29, 0.717) is 12.1 Å². The van der Waals surface area contributed by atoms with Gasteiger partial charge in [-0.15, -0.1) is 0 Å². The molecule has 7 nitrogen and oxygen atoms in total. The van der Waals surface area contributed by atoms with Crippen LogP contribution in [0.1, 0.15) is 22.3 Å². The number of rotatable bonds is 10. The topological polar surface area (TPSA) is 86.8 Å². The Morgan fingerprint density at radius 1 is 0.889 bits per heavy atom. The van der Waals surface area contributed by atoms with Crippen LogP contribution in [0.15, 0.2) is 78.9 Å². The number of hydrogen-bond donors (Lipinski definition) is 1. The van der Waals surface area contributed by atoms with E-state index >= 15 is 0 Å². The molecule has 0 saturated carbocycles. The Kier molecular flexibility index (Phi) is 8.88. The predicted octanol–water partition coefficient (Wildman–Crippen LogP) is 3.46. The van der Waals surface area contributed by atoms with Gasteiger partial charge >= 0.3 is 0 Å². The van der Waals surface area contributed by atoms with Crippen LogP contribution in [0.3, 0.4) is 0 Å². The highest BCUT2D eigenvalue weighted by atomic mass is 32.2. The van der Waals surface area contributed by atoms with E-state index in [4.69, 9.17) is 0 Å². The second kappa shape index (κ2) is 11.9. The molecule has 0 aromatic heterocycles. The van der Waals surface area contributed by atoms with Crippen LogP contribution in [-0.4, -0.2) is 51.0 Å². The van der Waals surface area contributed by atoms with Crippen molar-refractivity contribution in [3.63, 3.8) is 0 Å². The number of hydrogen-bond acceptors (Lipinski definition) is 4. The van der Waals surface area contributed by atoms with Crippen LogP contribution in [0, 0.1) is 13.8 Å². The van der Waals surface area contributed by atoms with Gasteiger partial charge in [0.15, 0.2) is 0 Å². The van der Waals surface area contributed by atoms with Gasteiger partial charge in [-0.2, -0.15) is 0 Å². The molecule has 0 saturated heterocycles. The Morgan fingerprint density at radius 2 is 1.53 bits per heavy atom. The molecule has 1 unspecified atom stereocenters. The van der Waals surface area contributed by atoms with E-state index < -0.39 is 28.5 Å². The fraction of sp³-hybridized carbons (Fsp3) is 0.286. The largest absolute Gasteiger partial charge is 0.357 e. The van der Waals surface area contributed by atoms with Crippen molar-refractivity contribution >= 4 is 27.5 Å². The third-order valence-corrected chi connectivity index (χ3v) is 7.14. The van der Waals surface area contributed by atoms with E-state index in [1.807, 2.05) is 67.6 Å². The van der Waals surface area contributed by atoms with Gasteiger partial charge in [0.1, 0.15) is 12.6 Å². The molecule has 0 fully saturated rings. The molecule has 0 heterocycles. The Balaban J connectivity index is 2.04. The molecule has 190 valence electrons. The average Bonchev–Trinajstić information content (AvgIpc) is 2.84. The first kappa shape index (κ1) is 26.9. The van der Waals surface area contributed by atoms with Crippen LogP contribution in [0.5, 0.6) is 0 Å². The van der Waals surface area contributed by atoms with Crippen molar-refractivity contribution in [3.05, 3.63) is 101 Å². The van der Waals surface area contributed by atoms with Gasteiger partial charge in [-0.1, -0.05) is 78.4 Å². The maximum atomic E-state index is 13.9. The normalized spacial score (nSPS) is 12.0. The third kappa shape index (κ3) is 6.95. The number of carbonyl (C=O) groups is 2. The Bertz CT molecular complexity index is 1310. The minimum absolute atomic E-state index is 0.163. The molecule has 3 aromatic rings. The molecule has 0 spiro atoms. The molecule has 0 aliphatic rings. The fourth-order valence-corrected chi connectivity index (χ4v) is 5.07. The van der Waals surface area contributed by atoms with Gasteiger partial charge in [0.05, 0.1) is 11.9 Å². The number of nitrogens with one attached hydrogen (secondary N) is 1. The number of aryl methyl sites for hydroxylation is 2. The van der Waals surface area contributed by atoms with Crippen LogP contribution >= 0.6 is 0 Å². The summed E-state index contributed by atoms with van der Waals surface area (Å²) in [6, 6.07) is 23.4. The molecule has 8 heteroatoms. The second-order valence-electron chi connectivity index (χ2n) is 8.89. The van der Waals surface area contributed by atoms with E-state index in [-0.39, 0.29) is 12.5 Å². The minimum Gasteiger partial charge on any atom is -0.357 e. The lowest BCUT2D eigenvalue weighted by molar-refractivity contribution is -0.139. The Labute approximate surface area is 213 Å². The van der Waals surface area contributed by atoms with E-state index in [9.17, 15) is 18.0 Å². The van der Waals surface area contributed by atoms with Crippen LogP contribution in [-0.2, 0) is 32.6 Å². The molecule has 3 aromatic carbocycles. The van der Waals surface area contributed by atoms with Crippen LogP contribution in [0.2, 0.25) is 0 Å². The quantitative estimate of drug-likeness (QED) is 0.455. The highest BCUT2D eigenvalue weighted by molar-refractivity contribution is 7.92. The molecule has 2 amide bonds. The van der Waals surface area contributed by atoms with Crippen LogP contribution in [0.4, 0.5) is 5.69 Å². The van der Waals surface area contributed by atoms with Gasteiger partial charge in [-0.3, -0.25) is 13.9 Å². The van der Waals surface area contributed by atoms with Crippen LogP contribution in [0.25, 0.3) is 0 Å². The summed E-state index contributed by atoms with van der Waals surface area (Å²) < 4.78 is 26.7. The molecular weight excluding hydrogens is 474 g/mol. The molecule has 0 bridgehead atoms. The number of anilines is 1. The zero-order chi connectivity index (χ0) is 26.3. The first-order chi connectivity index (χ1) is 17.1. The summed E-state index contributed by atoms with van der Waals surface area (Å²) in [5.74, 6) is -0.781. The molecule has 0 aliphatic heterocycles. The SMILES string of the molecule is CNC(=O)C(Cc1ccccc1)N(Cc1cccc(C)c1)C(=O)CN(c1ccccc1C)S(C)(=O)=O. The molecule has 1 N–H and O–H groups in total. The highest BCUT2D eigenvalue weighted by Gasteiger charge is 2.32. The fourth-order valence-electron chi connectivity index (χ4n) is 4.17. The lowest BCUT2D eigenvalue weighted by atomic mass is 10.0. The zero-order valence-electron chi connectivity index (χ0n) is 21.1. The Morgan fingerprint density at radius 3 is 2.14 bits per heavy atom. The third-order valence-electron chi connectivity index (χ3n) is 6.02. The van der Waals surface area contributed by atoms with E-state index in [2.05, 4.69) is 5.32 Å². The smallest absolute Gasteiger partial charge is 0.244 e. The summed E-state index contributed by atoms with van der Waals surface area (Å²) >= 11 is 0. The molecule has 0 radical (unpaired) electrons. The van der Waals surface area contributed by atoms with Crippen LogP contribution < -0.4 is 9.62 Å². The maximum Gasteiger partial charge on any atom is 0.244 e. The maximum absolute atomic E-state index is 13.9. The second-order valence-corrected chi connectivity index (χ2v) is 10.8. The van der Waals surface area contributed by atoms with E-state index in [1.165, 1.54) is 11.9 Å². The number of benzene rings is 3. The predicted molar refractivity (Wildman–Crippen MR) is 143 cm³/mol. The molecule has 1 atom stereocenters. The van der Waals surface area contributed by atoms with Gasteiger partial charge < -0.3 is 10.2 Å². The average molecular weight is 508 g/mol. The molecule has 3 rings (SSSR count). The summed E-state index contributed by atoms with van der Waals surface area (Å²) in [4.78, 5) is 28.4. The van der Waals surface area contributed by atoms with Crippen molar-refractivity contribution in [3.8, 4) is 0 Å². The minimum atomic E-state index is -3.77. The molecule has 0 aliphatic carbocycles. The number of nitrogens with zero attached hydrogens (tertiary/aromatic N) is 2. The van der Waals surface area contributed by atoms with E-state index in [1.54, 1.807) is 25.1 Å². The number of carbonyl (C=O) groups excluding carboxylic acids is 2. The summed E-state index contributed by atoms with van der Waals surface area (Å²) in [7, 11) is -2.24. The van der Waals surface area contributed by atoms with Crippen molar-refractivity contribution in [1.29, 1.82) is 0 Å². The van der Waals surface area contributed by atoms with Gasteiger partial charge in [0, 0.05) is 20.0 Å². The lowest BCUT2D eigenvalue weighted by Crippen LogP contribution is -2.53. The van der Waals surface area contributed by atoms with Crippen molar-refractivity contribution in [2.75, 3.05) is 24.2 Å². The number of amides is 2. The van der Waals surface area contributed by atoms with Gasteiger partial charge in [-0.05, 0) is 36.6 Å². The number of likely N-dealkylation sites (N-methyl/N-ethyl adjacent to an activating group) is 1. The summed E-state index contributed by atoms with van der Waals surface area (Å²) in [5, 5.41) is 2.68. The summed E-state index contributed by atoms with van der Waals surface area (Å²) in [6.07, 6.45) is 1.37. The number of para-hydroxylation sites is 1. The monoisotopic (exact) mass is 507 g/mol. The standard InChI is InChI=1S/C28H33N3O4S/c1-21-11-10-15-24(17-21)19-30(26(28(33)29-3)18-23-13-6-5-7-14-23)27(32)20-31(36(4,34)35)25-16-9-8-12-22(25)2/h5-17,26H,18-20H2,1-4H3,(H,29,33). The highest BCUT2D eigenvalue weighted by Crippen LogP contribution is 2.23. The zero-order valence-corrected chi connectivity index (χ0v) is 22.0. The summed E-state index contributed by atoms with van der Waals surface area (Å²) in [6.45, 7) is 3.50. The van der Waals surface area contributed by atoms with Gasteiger partial charge in [0.2, 0.25) is 21.8 Å². The molecular formula is C28H33N3O4S. The van der Waals surface area contributed by atoms with Crippen molar-refractivity contribution in [1.82, 2.24) is 10.2 Å². The summed E-state index contributed by atoms with van der Waals surface area (Å²) in [5.41, 5.74) is 3.94. The van der Waals surface area contributed by atoms with Gasteiger partial charge in [0.25, 0.3) is 0 Å². The first-order valence-electron chi connectivity index (χ1n) is 11.7. The number of sulfonamides is 1. The molecule has 36 heavy (non-hydrogen) atoms. The first-order valence-corrected chi connectivity index (χ1v) is 13.6. The lowest BCUT2D eigenvalue weighted by Gasteiger charge is -2.33. The van der Waals surface area contributed by atoms with Crippen molar-refractivity contribution < 1.29 is 18.0 Å². The van der Waals surface area contributed by atoms with E-state index in [0.717, 1.165) is 32.8 Å². The van der Waals surface area contributed by atoms with Gasteiger partial charge in [-0.25, -0.2) is 8.42 Å². The van der Waals surface area contributed by atoms with Crippen molar-refractivity contribution in [2.24, 2.45) is 0 Å². The Hall–Kier alpha value is -3.65.